The number of hydrogen-bond donors (Lipinski definition) is 8. The van der Waals surface area contributed by atoms with Crippen LogP contribution in [0.25, 0.3) is 0 Å². The van der Waals surface area contributed by atoms with Gasteiger partial charge in [-0.05, 0) is 43.5 Å². The summed E-state index contributed by atoms with van der Waals surface area (Å²) < 4.78 is 0. The van der Waals surface area contributed by atoms with E-state index in [2.05, 4.69) is 17.4 Å². The number of aliphatic hydroxyl groups excluding tert-OH is 6. The number of anilines is 1. The Morgan fingerprint density at radius 2 is 1.38 bits per heavy atom. The highest BCUT2D eigenvalue weighted by atomic mass is 16.4. The van der Waals surface area contributed by atoms with Gasteiger partial charge in [0.25, 0.3) is 0 Å². The first kappa shape index (κ1) is 25.7. The lowest BCUT2D eigenvalue weighted by Crippen LogP contribution is -2.47. The Balaban J connectivity index is 2.55. The van der Waals surface area contributed by atoms with Crippen LogP contribution in [0.4, 0.5) is 5.69 Å². The van der Waals surface area contributed by atoms with Crippen LogP contribution in [0.1, 0.15) is 18.4 Å². The van der Waals surface area contributed by atoms with Crippen LogP contribution in [-0.2, 0) is 6.42 Å². The molecule has 0 aliphatic carbocycles. The van der Waals surface area contributed by atoms with Crippen molar-refractivity contribution in [3.8, 4) is 0 Å². The van der Waals surface area contributed by atoms with Crippen LogP contribution in [-0.4, -0.2) is 106 Å². The number of aryl methyl sites for hydroxylation is 1. The van der Waals surface area contributed by atoms with E-state index in [9.17, 15) is 20.4 Å². The maximum Gasteiger partial charge on any atom is 0.104 e. The number of hydrogen-bond acceptors (Lipinski definition) is 9. The fourth-order valence-electron chi connectivity index (χ4n) is 2.89. The summed E-state index contributed by atoms with van der Waals surface area (Å²) in [6.45, 7) is 0.445. The molecule has 9 N–H and O–H groups in total. The number of rotatable bonds is 16. The van der Waals surface area contributed by atoms with E-state index in [0.717, 1.165) is 24.9 Å². The van der Waals surface area contributed by atoms with Crippen LogP contribution in [0.15, 0.2) is 24.3 Å². The second-order valence-electron chi connectivity index (χ2n) is 7.26. The molecule has 0 saturated carbocycles. The summed E-state index contributed by atoms with van der Waals surface area (Å²) in [6, 6.07) is 8.08. The normalized spacial score (nSPS) is 15.9. The molecule has 9 heteroatoms. The molecule has 168 valence electrons. The molecule has 0 aliphatic heterocycles. The van der Waals surface area contributed by atoms with Crippen LogP contribution in [0.2, 0.25) is 0 Å². The fraction of sp³-hybridized carbons (Fsp3) is 0.700. The highest BCUT2D eigenvalue weighted by molar-refractivity contribution is 5.44. The van der Waals surface area contributed by atoms with Gasteiger partial charge in [-0.2, -0.15) is 0 Å². The molecule has 0 heterocycles. The van der Waals surface area contributed by atoms with E-state index in [4.69, 9.17) is 15.9 Å². The predicted molar refractivity (Wildman–Crippen MR) is 112 cm³/mol. The molecular weight excluding hydrogens is 378 g/mol. The van der Waals surface area contributed by atoms with Gasteiger partial charge >= 0.3 is 0 Å². The minimum atomic E-state index is -1.29. The maximum absolute atomic E-state index is 9.96. The van der Waals surface area contributed by atoms with Gasteiger partial charge in [0.1, 0.15) is 12.2 Å². The van der Waals surface area contributed by atoms with Gasteiger partial charge in [-0.15, -0.1) is 0 Å². The molecule has 0 bridgehead atoms. The van der Waals surface area contributed by atoms with Crippen LogP contribution < -0.4 is 11.1 Å². The summed E-state index contributed by atoms with van der Waals surface area (Å²) in [5.74, 6) is 0. The van der Waals surface area contributed by atoms with Gasteiger partial charge in [-0.25, -0.2) is 0 Å². The zero-order valence-corrected chi connectivity index (χ0v) is 16.9. The summed E-state index contributed by atoms with van der Waals surface area (Å²) in [5, 5.41) is 60.3. The minimum absolute atomic E-state index is 0.00129. The summed E-state index contributed by atoms with van der Waals surface area (Å²) in [5.41, 5.74) is 7.68. The van der Waals surface area contributed by atoms with Gasteiger partial charge in [-0.1, -0.05) is 12.1 Å². The topological polar surface area (TPSA) is 163 Å². The summed E-state index contributed by atoms with van der Waals surface area (Å²) in [4.78, 5) is 1.65. The molecule has 1 aromatic carbocycles. The van der Waals surface area contributed by atoms with Crippen LogP contribution in [0, 0.1) is 0 Å². The highest BCUT2D eigenvalue weighted by Crippen LogP contribution is 2.12. The zero-order valence-electron chi connectivity index (χ0n) is 16.9. The van der Waals surface area contributed by atoms with Crippen LogP contribution in [0.5, 0.6) is 0 Å². The van der Waals surface area contributed by atoms with E-state index < -0.39 is 37.6 Å². The second-order valence-corrected chi connectivity index (χ2v) is 7.26. The molecular formula is C20H37N3O6. The molecule has 1 rings (SSSR count). The number of benzene rings is 1. The lowest BCUT2D eigenvalue weighted by atomic mass is 10.1. The third-order valence-electron chi connectivity index (χ3n) is 4.78. The lowest BCUT2D eigenvalue weighted by molar-refractivity contribution is -0.0529. The number of nitrogens with one attached hydrogen (secondary N) is 1. The minimum Gasteiger partial charge on any atom is -0.394 e. The monoisotopic (exact) mass is 415 g/mol. The Kier molecular flexibility index (Phi) is 13.0. The molecule has 0 spiro atoms. The Morgan fingerprint density at radius 1 is 0.828 bits per heavy atom. The van der Waals surface area contributed by atoms with E-state index in [1.807, 2.05) is 12.1 Å². The van der Waals surface area contributed by atoms with Gasteiger partial charge in [0.15, 0.2) is 0 Å². The Labute approximate surface area is 172 Å². The SMILES string of the molecule is NCCCCc1ccc(NCCN(C[C@H](O)[C@H](O)CO)C[C@H](O)[C@H](O)CO)cc1. The number of unbranched alkanes of at least 4 members (excludes halogenated alkanes) is 1. The molecule has 9 nitrogen and oxygen atoms in total. The van der Waals surface area contributed by atoms with Crippen molar-refractivity contribution in [1.29, 1.82) is 0 Å². The standard InChI is InChI=1S/C20H37N3O6/c21-8-2-1-3-15-4-6-16(7-5-15)22-9-10-23(11-17(26)19(28)13-24)12-18(27)20(29)14-25/h4-7,17-20,22,24-29H,1-3,8-14,21H2/t17-,18-,19+,20+/m0/s1. The van der Waals surface area contributed by atoms with Crippen LogP contribution >= 0.6 is 0 Å². The van der Waals surface area contributed by atoms with Crippen molar-refractivity contribution in [2.45, 2.75) is 43.7 Å². The van der Waals surface area contributed by atoms with E-state index in [1.54, 1.807) is 4.90 Å². The first-order chi connectivity index (χ1) is 13.9. The van der Waals surface area contributed by atoms with Gasteiger partial charge < -0.3 is 41.7 Å². The molecule has 0 amide bonds. The van der Waals surface area contributed by atoms with Crippen molar-refractivity contribution < 1.29 is 30.6 Å². The molecule has 0 saturated heterocycles. The van der Waals surface area contributed by atoms with E-state index in [0.29, 0.717) is 19.6 Å². The Hall–Kier alpha value is -1.30. The number of nitrogens with zero attached hydrogens (tertiary/aromatic N) is 1. The first-order valence-electron chi connectivity index (χ1n) is 10.1. The molecule has 0 aromatic heterocycles. The van der Waals surface area contributed by atoms with Crippen molar-refractivity contribution >= 4 is 5.69 Å². The van der Waals surface area contributed by atoms with Crippen molar-refractivity contribution in [2.75, 3.05) is 51.3 Å². The summed E-state index contributed by atoms with van der Waals surface area (Å²) in [7, 11) is 0. The molecule has 4 atom stereocenters. The lowest BCUT2D eigenvalue weighted by Gasteiger charge is -2.30. The van der Waals surface area contributed by atoms with Gasteiger partial charge in [-0.3, -0.25) is 4.90 Å². The van der Waals surface area contributed by atoms with E-state index in [-0.39, 0.29) is 13.1 Å². The molecule has 0 radical (unpaired) electrons. The first-order valence-corrected chi connectivity index (χ1v) is 10.1. The quantitative estimate of drug-likeness (QED) is 0.144. The average Bonchev–Trinajstić information content (AvgIpc) is 2.73. The third kappa shape index (κ3) is 10.3. The highest BCUT2D eigenvalue weighted by Gasteiger charge is 2.23. The largest absolute Gasteiger partial charge is 0.394 e. The molecule has 1 aromatic rings. The number of nitrogens with two attached hydrogens (primary N) is 1. The number of aliphatic hydroxyl groups is 6. The smallest absolute Gasteiger partial charge is 0.104 e. The van der Waals surface area contributed by atoms with Gasteiger partial charge in [0, 0.05) is 31.9 Å². The van der Waals surface area contributed by atoms with Crippen molar-refractivity contribution in [3.05, 3.63) is 29.8 Å². The molecule has 0 unspecified atom stereocenters. The average molecular weight is 416 g/mol. The summed E-state index contributed by atoms with van der Waals surface area (Å²) >= 11 is 0. The summed E-state index contributed by atoms with van der Waals surface area (Å²) in [6.07, 6.45) is -1.94. The van der Waals surface area contributed by atoms with Gasteiger partial charge in [0.05, 0.1) is 25.4 Å². The van der Waals surface area contributed by atoms with Gasteiger partial charge in [0.2, 0.25) is 0 Å². The maximum atomic E-state index is 9.96. The van der Waals surface area contributed by atoms with Crippen LogP contribution in [0.3, 0.4) is 0 Å². The van der Waals surface area contributed by atoms with Crippen molar-refractivity contribution in [1.82, 2.24) is 4.90 Å². The van der Waals surface area contributed by atoms with Crippen molar-refractivity contribution in [3.63, 3.8) is 0 Å². The Morgan fingerprint density at radius 3 is 1.86 bits per heavy atom. The molecule has 29 heavy (non-hydrogen) atoms. The fourth-order valence-corrected chi connectivity index (χ4v) is 2.89. The third-order valence-corrected chi connectivity index (χ3v) is 4.78. The van der Waals surface area contributed by atoms with Crippen molar-refractivity contribution in [2.24, 2.45) is 5.73 Å². The Bertz CT molecular complexity index is 515. The molecule has 0 aliphatic rings. The predicted octanol–water partition coefficient (Wildman–Crippen LogP) is -1.89. The molecule has 0 fully saturated rings. The van der Waals surface area contributed by atoms with E-state index >= 15 is 0 Å². The zero-order chi connectivity index (χ0) is 21.6. The second kappa shape index (κ2) is 14.6. The van der Waals surface area contributed by atoms with E-state index in [1.165, 1.54) is 5.56 Å².